The molecule has 0 radical (unpaired) electrons. The highest BCUT2D eigenvalue weighted by Crippen LogP contribution is 2.28. The predicted molar refractivity (Wildman–Crippen MR) is 82.4 cm³/mol. The van der Waals surface area contributed by atoms with Gasteiger partial charge in [-0.1, -0.05) is 60.2 Å². The second-order valence-electron chi connectivity index (χ2n) is 5.03. The van der Waals surface area contributed by atoms with E-state index in [1.165, 1.54) is 0 Å². The standard InChI is InChI=1S/C16H14N4O2/c1-12-7-9-14(10-8-12)15-16(20(21)22)17-18-19(15)11-13-5-3-2-4-6-13/h2-10H,11H2,1H3. The molecule has 6 nitrogen and oxygen atoms in total. The molecule has 0 spiro atoms. The summed E-state index contributed by atoms with van der Waals surface area (Å²) in [6, 6.07) is 17.2. The smallest absolute Gasteiger partial charge is 0.358 e. The summed E-state index contributed by atoms with van der Waals surface area (Å²) >= 11 is 0. The van der Waals surface area contributed by atoms with Crippen molar-refractivity contribution in [3.05, 3.63) is 75.8 Å². The van der Waals surface area contributed by atoms with Crippen molar-refractivity contribution in [2.75, 3.05) is 0 Å². The Labute approximate surface area is 127 Å². The molecule has 0 aliphatic heterocycles. The molecule has 2 aromatic carbocycles. The second-order valence-corrected chi connectivity index (χ2v) is 5.03. The van der Waals surface area contributed by atoms with E-state index < -0.39 is 4.92 Å². The third-order valence-corrected chi connectivity index (χ3v) is 3.39. The molecule has 0 atom stereocenters. The highest BCUT2D eigenvalue weighted by atomic mass is 16.6. The van der Waals surface area contributed by atoms with Gasteiger partial charge >= 0.3 is 5.82 Å². The number of benzene rings is 2. The van der Waals surface area contributed by atoms with Gasteiger partial charge in [-0.2, -0.15) is 0 Å². The van der Waals surface area contributed by atoms with Crippen molar-refractivity contribution in [2.24, 2.45) is 0 Å². The van der Waals surface area contributed by atoms with Crippen LogP contribution in [-0.2, 0) is 6.54 Å². The van der Waals surface area contributed by atoms with Crippen molar-refractivity contribution in [2.45, 2.75) is 13.5 Å². The fourth-order valence-corrected chi connectivity index (χ4v) is 2.28. The number of nitro groups is 1. The topological polar surface area (TPSA) is 73.8 Å². The molecule has 3 aromatic rings. The number of hydrogen-bond donors (Lipinski definition) is 0. The number of nitrogens with zero attached hydrogens (tertiary/aromatic N) is 4. The van der Waals surface area contributed by atoms with Gasteiger partial charge in [-0.3, -0.25) is 0 Å². The number of aryl methyl sites for hydroxylation is 1. The van der Waals surface area contributed by atoms with Crippen LogP contribution < -0.4 is 0 Å². The Morgan fingerprint density at radius 2 is 1.77 bits per heavy atom. The van der Waals surface area contributed by atoms with Crippen LogP contribution in [-0.4, -0.2) is 19.9 Å². The summed E-state index contributed by atoms with van der Waals surface area (Å²) in [6.45, 7) is 2.41. The van der Waals surface area contributed by atoms with E-state index >= 15 is 0 Å². The lowest BCUT2D eigenvalue weighted by Gasteiger charge is -2.06. The first-order chi connectivity index (χ1) is 10.6. The highest BCUT2D eigenvalue weighted by Gasteiger charge is 2.25. The Bertz CT molecular complexity index is 795. The molecule has 0 unspecified atom stereocenters. The summed E-state index contributed by atoms with van der Waals surface area (Å²) in [5.41, 5.74) is 3.26. The zero-order chi connectivity index (χ0) is 15.5. The highest BCUT2D eigenvalue weighted by molar-refractivity contribution is 5.67. The summed E-state index contributed by atoms with van der Waals surface area (Å²) in [6.07, 6.45) is 0. The van der Waals surface area contributed by atoms with E-state index in [1.807, 2.05) is 61.5 Å². The first-order valence-corrected chi connectivity index (χ1v) is 6.84. The van der Waals surface area contributed by atoms with Gasteiger partial charge in [0.05, 0.1) is 11.8 Å². The molecule has 0 saturated heterocycles. The van der Waals surface area contributed by atoms with Crippen molar-refractivity contribution in [3.63, 3.8) is 0 Å². The van der Waals surface area contributed by atoms with Crippen LogP contribution in [0.3, 0.4) is 0 Å². The Balaban J connectivity index is 2.07. The van der Waals surface area contributed by atoms with Crippen LogP contribution in [0.5, 0.6) is 0 Å². The van der Waals surface area contributed by atoms with Crippen LogP contribution in [0, 0.1) is 17.0 Å². The summed E-state index contributed by atoms with van der Waals surface area (Å²) < 4.78 is 1.57. The zero-order valence-electron chi connectivity index (χ0n) is 12.0. The number of rotatable bonds is 4. The third-order valence-electron chi connectivity index (χ3n) is 3.39. The summed E-state index contributed by atoms with van der Waals surface area (Å²) in [7, 11) is 0. The predicted octanol–water partition coefficient (Wildman–Crippen LogP) is 3.21. The van der Waals surface area contributed by atoms with E-state index in [0.717, 1.165) is 16.7 Å². The molecule has 1 aromatic heterocycles. The van der Waals surface area contributed by atoms with E-state index in [0.29, 0.717) is 12.2 Å². The van der Waals surface area contributed by atoms with Crippen LogP contribution in [0.25, 0.3) is 11.3 Å². The molecule has 0 aliphatic carbocycles. The molecule has 0 bridgehead atoms. The summed E-state index contributed by atoms with van der Waals surface area (Å²) in [5, 5.41) is 18.9. The van der Waals surface area contributed by atoms with Crippen molar-refractivity contribution in [3.8, 4) is 11.3 Å². The van der Waals surface area contributed by atoms with Crippen LogP contribution >= 0.6 is 0 Å². The van der Waals surface area contributed by atoms with Crippen LogP contribution in [0.1, 0.15) is 11.1 Å². The molecule has 0 fully saturated rings. The lowest BCUT2D eigenvalue weighted by atomic mass is 10.1. The molecular weight excluding hydrogens is 280 g/mol. The average molecular weight is 294 g/mol. The molecule has 3 rings (SSSR count). The van der Waals surface area contributed by atoms with Crippen molar-refractivity contribution >= 4 is 5.82 Å². The fraction of sp³-hybridized carbons (Fsp3) is 0.125. The van der Waals surface area contributed by atoms with E-state index in [1.54, 1.807) is 4.68 Å². The van der Waals surface area contributed by atoms with Gasteiger partial charge in [0.1, 0.15) is 5.10 Å². The van der Waals surface area contributed by atoms with Gasteiger partial charge in [0.2, 0.25) is 0 Å². The minimum atomic E-state index is -0.496. The molecule has 1 heterocycles. The van der Waals surface area contributed by atoms with Crippen molar-refractivity contribution in [1.29, 1.82) is 0 Å². The largest absolute Gasteiger partial charge is 0.418 e. The van der Waals surface area contributed by atoms with E-state index in [-0.39, 0.29) is 5.82 Å². The van der Waals surface area contributed by atoms with Gasteiger partial charge < -0.3 is 10.1 Å². The quantitative estimate of drug-likeness (QED) is 0.547. The molecule has 110 valence electrons. The number of aromatic nitrogens is 3. The number of hydrogen-bond acceptors (Lipinski definition) is 4. The van der Waals surface area contributed by atoms with Gasteiger partial charge in [-0.25, -0.2) is 4.68 Å². The Morgan fingerprint density at radius 1 is 1.09 bits per heavy atom. The Hall–Kier alpha value is -3.02. The molecule has 0 N–H and O–H groups in total. The molecule has 6 heteroatoms. The molecule has 0 saturated carbocycles. The normalized spacial score (nSPS) is 10.6. The third kappa shape index (κ3) is 2.71. The maximum Gasteiger partial charge on any atom is 0.418 e. The lowest BCUT2D eigenvalue weighted by molar-refractivity contribution is -0.388. The fourth-order valence-electron chi connectivity index (χ4n) is 2.28. The first kappa shape index (κ1) is 13.9. The van der Waals surface area contributed by atoms with Gasteiger partial charge in [0.15, 0.2) is 5.69 Å². The van der Waals surface area contributed by atoms with Crippen LogP contribution in [0.2, 0.25) is 0 Å². The molecular formula is C16H14N4O2. The van der Waals surface area contributed by atoms with Gasteiger partial charge in [-0.05, 0) is 17.4 Å². The molecule has 0 amide bonds. The van der Waals surface area contributed by atoms with Crippen molar-refractivity contribution in [1.82, 2.24) is 15.0 Å². The molecule has 22 heavy (non-hydrogen) atoms. The summed E-state index contributed by atoms with van der Waals surface area (Å²) in [4.78, 5) is 10.7. The van der Waals surface area contributed by atoms with Crippen LogP contribution in [0.15, 0.2) is 54.6 Å². The molecule has 0 aliphatic rings. The van der Waals surface area contributed by atoms with Crippen molar-refractivity contribution < 1.29 is 4.92 Å². The van der Waals surface area contributed by atoms with Crippen LogP contribution in [0.4, 0.5) is 5.82 Å². The second kappa shape index (κ2) is 5.77. The minimum absolute atomic E-state index is 0.222. The summed E-state index contributed by atoms with van der Waals surface area (Å²) in [5.74, 6) is -0.222. The monoisotopic (exact) mass is 294 g/mol. The van der Waals surface area contributed by atoms with Gasteiger partial charge in [0.25, 0.3) is 0 Å². The lowest BCUT2D eigenvalue weighted by Crippen LogP contribution is -2.04. The van der Waals surface area contributed by atoms with E-state index in [2.05, 4.69) is 10.3 Å². The maximum atomic E-state index is 11.2. The van der Waals surface area contributed by atoms with E-state index in [9.17, 15) is 10.1 Å². The first-order valence-electron chi connectivity index (χ1n) is 6.84. The van der Waals surface area contributed by atoms with Gasteiger partial charge in [0, 0.05) is 5.56 Å². The SMILES string of the molecule is Cc1ccc(-c2c([N+](=O)[O-])nnn2Cc2ccccc2)cc1. The maximum absolute atomic E-state index is 11.2. The zero-order valence-corrected chi connectivity index (χ0v) is 12.0. The van der Waals surface area contributed by atoms with Gasteiger partial charge in [-0.15, -0.1) is 0 Å². The average Bonchev–Trinajstić information content (AvgIpc) is 2.93. The van der Waals surface area contributed by atoms with E-state index in [4.69, 9.17) is 0 Å². The minimum Gasteiger partial charge on any atom is -0.358 e. The Morgan fingerprint density at radius 3 is 2.41 bits per heavy atom. The Kier molecular flexibility index (Phi) is 3.65.